The van der Waals surface area contributed by atoms with Crippen molar-refractivity contribution < 1.29 is 0 Å². The Morgan fingerprint density at radius 2 is 1.55 bits per heavy atom. The van der Waals surface area contributed by atoms with Crippen molar-refractivity contribution in [3.63, 3.8) is 0 Å². The summed E-state index contributed by atoms with van der Waals surface area (Å²) in [5.74, 6) is 0. The molecule has 0 amide bonds. The van der Waals surface area contributed by atoms with E-state index in [1.807, 2.05) is 0 Å². The molecule has 20 heavy (non-hydrogen) atoms. The highest BCUT2D eigenvalue weighted by Crippen LogP contribution is 2.25. The molecule has 0 nitrogen and oxygen atoms in total. The van der Waals surface area contributed by atoms with Crippen LogP contribution in [0, 0.1) is 6.92 Å². The van der Waals surface area contributed by atoms with Gasteiger partial charge in [0.25, 0.3) is 0 Å². The lowest BCUT2D eigenvalue weighted by Gasteiger charge is -2.09. The molecule has 0 unspecified atom stereocenters. The van der Waals surface area contributed by atoms with Crippen LogP contribution in [-0.4, -0.2) is 0 Å². The molecule has 102 valence electrons. The van der Waals surface area contributed by atoms with E-state index >= 15 is 0 Å². The lowest BCUT2D eigenvalue weighted by molar-refractivity contribution is 1.24. The molecular weight excluding hydrogens is 240 g/mol. The zero-order valence-corrected chi connectivity index (χ0v) is 12.6. The van der Waals surface area contributed by atoms with Gasteiger partial charge < -0.3 is 0 Å². The molecule has 2 aromatic rings. The summed E-state index contributed by atoms with van der Waals surface area (Å²) in [6.07, 6.45) is 5.52. The van der Waals surface area contributed by atoms with Gasteiger partial charge in [-0.3, -0.25) is 0 Å². The summed E-state index contributed by atoms with van der Waals surface area (Å²) in [5.41, 5.74) is 6.55. The number of benzene rings is 2. The molecule has 0 aliphatic rings. The molecule has 0 heterocycles. The molecule has 0 N–H and O–H groups in total. The highest BCUT2D eigenvalue weighted by atomic mass is 14.1. The summed E-state index contributed by atoms with van der Waals surface area (Å²) >= 11 is 0. The molecule has 0 spiro atoms. The molecular formula is C20H22. The predicted octanol–water partition coefficient (Wildman–Crippen LogP) is 5.89. The average Bonchev–Trinajstić information content (AvgIpc) is 2.51. The topological polar surface area (TPSA) is 0 Å². The van der Waals surface area contributed by atoms with Gasteiger partial charge in [0.1, 0.15) is 0 Å². The highest BCUT2D eigenvalue weighted by Gasteiger charge is 2.02. The fourth-order valence-electron chi connectivity index (χ4n) is 2.31. The first-order valence-electron chi connectivity index (χ1n) is 7.24. The minimum Gasteiger partial charge on any atom is -0.0798 e. The van der Waals surface area contributed by atoms with Crippen molar-refractivity contribution in [1.82, 2.24) is 0 Å². The van der Waals surface area contributed by atoms with Crippen LogP contribution in [0.25, 0.3) is 11.1 Å². The van der Waals surface area contributed by atoms with E-state index in [1.165, 1.54) is 27.8 Å². The van der Waals surface area contributed by atoms with Gasteiger partial charge in [-0.1, -0.05) is 79.2 Å². The van der Waals surface area contributed by atoms with E-state index in [1.54, 1.807) is 0 Å². The zero-order chi connectivity index (χ0) is 14.4. The summed E-state index contributed by atoms with van der Waals surface area (Å²) in [7, 11) is 0. The van der Waals surface area contributed by atoms with Gasteiger partial charge in [-0.25, -0.2) is 0 Å². The lowest BCUT2D eigenvalue weighted by atomic mass is 9.96. The Kier molecular flexibility index (Phi) is 4.95. The van der Waals surface area contributed by atoms with Crippen LogP contribution in [0.3, 0.4) is 0 Å². The van der Waals surface area contributed by atoms with E-state index < -0.39 is 0 Å². The van der Waals surface area contributed by atoms with Crippen molar-refractivity contribution in [2.75, 3.05) is 0 Å². The van der Waals surface area contributed by atoms with Gasteiger partial charge in [0.05, 0.1) is 0 Å². The molecule has 0 heteroatoms. The molecule has 0 atom stereocenters. The SMILES string of the molecule is C/C=C(\C=C(/CC)c1ccc(C)cc1)c1ccccc1. The van der Waals surface area contributed by atoms with Crippen molar-refractivity contribution in [1.29, 1.82) is 0 Å². The Balaban J connectivity index is 2.37. The first-order valence-corrected chi connectivity index (χ1v) is 7.24. The molecule has 0 aliphatic heterocycles. The first-order chi connectivity index (χ1) is 9.74. The van der Waals surface area contributed by atoms with Crippen molar-refractivity contribution in [3.8, 4) is 0 Å². The minimum absolute atomic E-state index is 1.03. The smallest absolute Gasteiger partial charge is 0.0187 e. The van der Waals surface area contributed by atoms with Crippen LogP contribution in [-0.2, 0) is 0 Å². The fourth-order valence-corrected chi connectivity index (χ4v) is 2.31. The number of rotatable bonds is 4. The summed E-state index contributed by atoms with van der Waals surface area (Å²) in [6.45, 7) is 6.44. The fraction of sp³-hybridized carbons (Fsp3) is 0.200. The molecule has 2 rings (SSSR count). The van der Waals surface area contributed by atoms with Crippen molar-refractivity contribution in [3.05, 3.63) is 83.4 Å². The Labute approximate surface area is 122 Å². The van der Waals surface area contributed by atoms with Gasteiger partial charge >= 0.3 is 0 Å². The Bertz CT molecular complexity index is 598. The molecule has 0 saturated carbocycles. The van der Waals surface area contributed by atoms with E-state index in [4.69, 9.17) is 0 Å². The van der Waals surface area contributed by atoms with Crippen LogP contribution in [0.5, 0.6) is 0 Å². The maximum Gasteiger partial charge on any atom is -0.0187 e. The second-order valence-corrected chi connectivity index (χ2v) is 5.00. The Morgan fingerprint density at radius 3 is 2.10 bits per heavy atom. The quantitative estimate of drug-likeness (QED) is 0.602. The van der Waals surface area contributed by atoms with Crippen LogP contribution >= 0.6 is 0 Å². The maximum atomic E-state index is 2.31. The van der Waals surface area contributed by atoms with E-state index in [0.29, 0.717) is 0 Å². The van der Waals surface area contributed by atoms with Crippen molar-refractivity contribution in [2.24, 2.45) is 0 Å². The third-order valence-electron chi connectivity index (χ3n) is 3.55. The lowest BCUT2D eigenvalue weighted by Crippen LogP contribution is -1.86. The van der Waals surface area contributed by atoms with Gasteiger partial charge in [0, 0.05) is 0 Å². The van der Waals surface area contributed by atoms with Gasteiger partial charge in [-0.05, 0) is 42.5 Å². The van der Waals surface area contributed by atoms with Crippen LogP contribution in [0.1, 0.15) is 37.0 Å². The largest absolute Gasteiger partial charge is 0.0798 e. The first kappa shape index (κ1) is 14.3. The zero-order valence-electron chi connectivity index (χ0n) is 12.6. The second kappa shape index (κ2) is 6.91. The molecule has 2 aromatic carbocycles. The van der Waals surface area contributed by atoms with Crippen molar-refractivity contribution in [2.45, 2.75) is 27.2 Å². The number of hydrogen-bond donors (Lipinski definition) is 0. The molecule has 0 aromatic heterocycles. The molecule has 0 aliphatic carbocycles. The van der Waals surface area contributed by atoms with Crippen LogP contribution in [0.15, 0.2) is 66.7 Å². The highest BCUT2D eigenvalue weighted by molar-refractivity contribution is 5.83. The average molecular weight is 262 g/mol. The molecule has 0 bridgehead atoms. The van der Waals surface area contributed by atoms with Crippen LogP contribution < -0.4 is 0 Å². The Morgan fingerprint density at radius 1 is 0.900 bits per heavy atom. The molecule has 0 radical (unpaired) electrons. The van der Waals surface area contributed by atoms with Gasteiger partial charge in [0.2, 0.25) is 0 Å². The number of aryl methyl sites for hydroxylation is 1. The van der Waals surface area contributed by atoms with Crippen LogP contribution in [0.2, 0.25) is 0 Å². The normalized spacial score (nSPS) is 12.6. The van der Waals surface area contributed by atoms with Gasteiger partial charge in [-0.15, -0.1) is 0 Å². The monoisotopic (exact) mass is 262 g/mol. The minimum atomic E-state index is 1.03. The van der Waals surface area contributed by atoms with E-state index in [0.717, 1.165) is 6.42 Å². The van der Waals surface area contributed by atoms with Crippen LogP contribution in [0.4, 0.5) is 0 Å². The Hall–Kier alpha value is -2.08. The van der Waals surface area contributed by atoms with Crippen molar-refractivity contribution >= 4 is 11.1 Å². The molecule has 0 saturated heterocycles. The number of hydrogen-bond acceptors (Lipinski definition) is 0. The van der Waals surface area contributed by atoms with Gasteiger partial charge in [-0.2, -0.15) is 0 Å². The van der Waals surface area contributed by atoms with E-state index in [2.05, 4.69) is 87.5 Å². The third kappa shape index (κ3) is 3.48. The third-order valence-corrected chi connectivity index (χ3v) is 3.55. The standard InChI is InChI=1S/C20H22/c1-4-17(19-9-7-6-8-10-19)15-18(5-2)20-13-11-16(3)12-14-20/h4,6-15H,5H2,1-3H3/b17-4+,18-15+. The van der Waals surface area contributed by atoms with E-state index in [-0.39, 0.29) is 0 Å². The summed E-state index contributed by atoms with van der Waals surface area (Å²) in [4.78, 5) is 0. The summed E-state index contributed by atoms with van der Waals surface area (Å²) in [5, 5.41) is 0. The predicted molar refractivity (Wildman–Crippen MR) is 89.5 cm³/mol. The van der Waals surface area contributed by atoms with Gasteiger partial charge in [0.15, 0.2) is 0 Å². The number of allylic oxidation sites excluding steroid dienone is 4. The summed E-state index contributed by atoms with van der Waals surface area (Å²) in [6, 6.07) is 19.3. The molecule has 0 fully saturated rings. The maximum absolute atomic E-state index is 2.31. The van der Waals surface area contributed by atoms with E-state index in [9.17, 15) is 0 Å². The second-order valence-electron chi connectivity index (χ2n) is 5.00. The summed E-state index contributed by atoms with van der Waals surface area (Å²) < 4.78 is 0.